The highest BCUT2D eigenvalue weighted by Crippen LogP contribution is 2.34. The van der Waals surface area contributed by atoms with E-state index in [1.165, 1.54) is 18.3 Å². The van der Waals surface area contributed by atoms with Crippen molar-refractivity contribution in [1.29, 1.82) is 0 Å². The van der Waals surface area contributed by atoms with Crippen LogP contribution in [-0.4, -0.2) is 53.0 Å². The average molecular weight is 538 g/mol. The highest BCUT2D eigenvalue weighted by molar-refractivity contribution is 6.07. The number of nitrogens with zero attached hydrogens (tertiary/aromatic N) is 2. The molecule has 2 amide bonds. The number of nitrogens with one attached hydrogen (secondary N) is 3. The molecule has 0 aliphatic carbocycles. The van der Waals surface area contributed by atoms with Gasteiger partial charge < -0.3 is 20.4 Å². The van der Waals surface area contributed by atoms with E-state index in [2.05, 4.69) is 20.6 Å². The number of rotatable bonds is 6. The fourth-order valence-electron chi connectivity index (χ4n) is 4.42. The van der Waals surface area contributed by atoms with Gasteiger partial charge in [-0.3, -0.25) is 14.5 Å². The van der Waals surface area contributed by atoms with Crippen molar-refractivity contribution in [2.75, 3.05) is 36.9 Å². The van der Waals surface area contributed by atoms with Gasteiger partial charge in [0.25, 0.3) is 11.8 Å². The number of aromatic nitrogens is 2. The maximum Gasteiger partial charge on any atom is 0.416 e. The summed E-state index contributed by atoms with van der Waals surface area (Å²) in [6.07, 6.45) is -1.43. The minimum absolute atomic E-state index is 0.105. The van der Waals surface area contributed by atoms with Crippen LogP contribution in [0.3, 0.4) is 0 Å². The van der Waals surface area contributed by atoms with Crippen LogP contribution in [0.1, 0.15) is 37.4 Å². The van der Waals surface area contributed by atoms with Crippen LogP contribution < -0.4 is 10.6 Å². The lowest BCUT2D eigenvalue weighted by molar-refractivity contribution is -0.138. The third-order valence-corrected chi connectivity index (χ3v) is 6.58. The second-order valence-electron chi connectivity index (χ2n) is 9.34. The molecule has 4 aromatic rings. The summed E-state index contributed by atoms with van der Waals surface area (Å²) in [6, 6.07) is 12.0. The molecule has 0 atom stereocenters. The molecule has 8 nitrogen and oxygen atoms in total. The van der Waals surface area contributed by atoms with Crippen LogP contribution in [0.5, 0.6) is 0 Å². The van der Waals surface area contributed by atoms with Gasteiger partial charge in [0.2, 0.25) is 0 Å². The number of halogens is 3. The van der Waals surface area contributed by atoms with Crippen molar-refractivity contribution in [3.8, 4) is 0 Å². The number of pyridine rings is 1. The first-order chi connectivity index (χ1) is 18.7. The second kappa shape index (κ2) is 10.9. The molecule has 1 fully saturated rings. The lowest BCUT2D eigenvalue weighted by Gasteiger charge is -2.27. The number of carbonyl (C=O) groups excluding carboxylic acids is 2. The van der Waals surface area contributed by atoms with E-state index in [0.29, 0.717) is 48.9 Å². The zero-order chi connectivity index (χ0) is 27.6. The highest BCUT2D eigenvalue weighted by Gasteiger charge is 2.34. The highest BCUT2D eigenvalue weighted by atomic mass is 19.4. The Hall–Kier alpha value is -4.22. The molecule has 39 heavy (non-hydrogen) atoms. The van der Waals surface area contributed by atoms with Crippen LogP contribution in [0.2, 0.25) is 0 Å². The number of benzene rings is 2. The Morgan fingerprint density at radius 2 is 1.77 bits per heavy atom. The smallest absolute Gasteiger partial charge is 0.379 e. The van der Waals surface area contributed by atoms with E-state index in [-0.39, 0.29) is 23.6 Å². The van der Waals surface area contributed by atoms with E-state index in [0.717, 1.165) is 17.0 Å². The van der Waals surface area contributed by atoms with Crippen molar-refractivity contribution in [1.82, 2.24) is 14.9 Å². The predicted octanol–water partition coefficient (Wildman–Crippen LogP) is 5.23. The van der Waals surface area contributed by atoms with Gasteiger partial charge in [0.1, 0.15) is 5.65 Å². The van der Waals surface area contributed by atoms with Crippen molar-refractivity contribution in [3.63, 3.8) is 0 Å². The van der Waals surface area contributed by atoms with Crippen LogP contribution in [0.4, 0.5) is 24.5 Å². The van der Waals surface area contributed by atoms with E-state index in [1.54, 1.807) is 43.5 Å². The Morgan fingerprint density at radius 1 is 1.00 bits per heavy atom. The van der Waals surface area contributed by atoms with Crippen molar-refractivity contribution in [2.24, 2.45) is 0 Å². The van der Waals surface area contributed by atoms with E-state index in [1.807, 2.05) is 4.90 Å². The monoisotopic (exact) mass is 537 g/mol. The van der Waals surface area contributed by atoms with Gasteiger partial charge in [0.05, 0.1) is 24.3 Å². The molecule has 1 saturated heterocycles. The van der Waals surface area contributed by atoms with Gasteiger partial charge in [-0.1, -0.05) is 12.1 Å². The summed E-state index contributed by atoms with van der Waals surface area (Å²) in [6.45, 7) is 3.94. The van der Waals surface area contributed by atoms with Gasteiger partial charge in [-0.15, -0.1) is 0 Å². The Bertz CT molecular complexity index is 1530. The lowest BCUT2D eigenvalue weighted by atomic mass is 10.0. The molecule has 0 unspecified atom stereocenters. The standard InChI is InChI=1S/C28H26F3N5O3/c1-17-2-5-22(14-24(17)35-27(38)21-12-18-6-7-32-25(18)33-15-21)34-26(37)19-3-4-20(23(13-19)28(29,30)31)16-36-8-10-39-11-9-36/h2-7,12-15H,8-11,16H2,1H3,(H,32,33)(H,34,37)(H,35,38). The number of hydrogen-bond donors (Lipinski definition) is 3. The van der Waals surface area contributed by atoms with E-state index >= 15 is 0 Å². The van der Waals surface area contributed by atoms with Crippen LogP contribution in [0.15, 0.2) is 60.9 Å². The maximum absolute atomic E-state index is 13.9. The molecule has 2 aromatic carbocycles. The molecule has 202 valence electrons. The largest absolute Gasteiger partial charge is 0.416 e. The number of alkyl halides is 3. The van der Waals surface area contributed by atoms with Crippen LogP contribution in [0.25, 0.3) is 11.0 Å². The number of aryl methyl sites for hydroxylation is 1. The molecule has 3 heterocycles. The Kier molecular flexibility index (Phi) is 7.36. The number of carbonyl (C=O) groups is 2. The summed E-state index contributed by atoms with van der Waals surface area (Å²) in [5.41, 5.74) is 1.67. The van der Waals surface area contributed by atoms with Gasteiger partial charge >= 0.3 is 6.18 Å². The molecule has 1 aliphatic heterocycles. The van der Waals surface area contributed by atoms with Crippen LogP contribution in [-0.2, 0) is 17.5 Å². The van der Waals surface area contributed by atoms with Gasteiger partial charge in [0.15, 0.2) is 0 Å². The van der Waals surface area contributed by atoms with Gasteiger partial charge in [-0.05, 0) is 54.4 Å². The molecule has 11 heteroatoms. The number of anilines is 2. The Labute approximate surface area is 222 Å². The number of fused-ring (bicyclic) bond motifs is 1. The molecule has 0 radical (unpaired) electrons. The van der Waals surface area contributed by atoms with E-state index in [9.17, 15) is 22.8 Å². The van der Waals surface area contributed by atoms with Gasteiger partial charge in [-0.25, -0.2) is 4.98 Å². The SMILES string of the molecule is Cc1ccc(NC(=O)c2ccc(CN3CCOCC3)c(C(F)(F)F)c2)cc1NC(=O)c1cnc2[nH]ccc2c1. The zero-order valence-electron chi connectivity index (χ0n) is 21.1. The summed E-state index contributed by atoms with van der Waals surface area (Å²) >= 11 is 0. The normalized spacial score (nSPS) is 14.4. The summed E-state index contributed by atoms with van der Waals surface area (Å²) < 4.78 is 46.9. The van der Waals surface area contributed by atoms with Crippen molar-refractivity contribution in [3.05, 3.63) is 88.7 Å². The third kappa shape index (κ3) is 6.10. The fourth-order valence-corrected chi connectivity index (χ4v) is 4.42. The first kappa shape index (κ1) is 26.4. The number of hydrogen-bond acceptors (Lipinski definition) is 5. The molecule has 3 N–H and O–H groups in total. The lowest BCUT2D eigenvalue weighted by Crippen LogP contribution is -2.36. The number of amides is 2. The number of aromatic amines is 1. The second-order valence-corrected chi connectivity index (χ2v) is 9.34. The quantitative estimate of drug-likeness (QED) is 0.313. The van der Waals surface area contributed by atoms with Crippen molar-refractivity contribution < 1.29 is 27.5 Å². The number of H-pyrrole nitrogens is 1. The average Bonchev–Trinajstić information content (AvgIpc) is 3.39. The number of ether oxygens (including phenoxy) is 1. The molecule has 2 aromatic heterocycles. The summed E-state index contributed by atoms with van der Waals surface area (Å²) in [4.78, 5) is 34.8. The molecular formula is C28H26F3N5O3. The third-order valence-electron chi connectivity index (χ3n) is 6.58. The molecule has 0 bridgehead atoms. The zero-order valence-corrected chi connectivity index (χ0v) is 21.1. The Balaban J connectivity index is 1.32. The minimum atomic E-state index is -4.61. The maximum atomic E-state index is 13.9. The number of morpholine rings is 1. The van der Waals surface area contributed by atoms with Gasteiger partial charge in [0, 0.05) is 54.4 Å². The van der Waals surface area contributed by atoms with E-state index < -0.39 is 17.6 Å². The van der Waals surface area contributed by atoms with Crippen molar-refractivity contribution in [2.45, 2.75) is 19.6 Å². The Morgan fingerprint density at radius 3 is 2.54 bits per heavy atom. The first-order valence-corrected chi connectivity index (χ1v) is 12.3. The van der Waals surface area contributed by atoms with Crippen LogP contribution in [0, 0.1) is 6.92 Å². The minimum Gasteiger partial charge on any atom is -0.379 e. The topological polar surface area (TPSA) is 99.4 Å². The summed E-state index contributed by atoms with van der Waals surface area (Å²) in [5, 5.41) is 6.23. The predicted molar refractivity (Wildman–Crippen MR) is 141 cm³/mol. The molecule has 1 aliphatic rings. The fraction of sp³-hybridized carbons (Fsp3) is 0.250. The van der Waals surface area contributed by atoms with E-state index in [4.69, 9.17) is 4.74 Å². The van der Waals surface area contributed by atoms with Crippen LogP contribution >= 0.6 is 0 Å². The van der Waals surface area contributed by atoms with Crippen molar-refractivity contribution >= 4 is 34.2 Å². The van der Waals surface area contributed by atoms with Gasteiger partial charge in [-0.2, -0.15) is 13.2 Å². The molecule has 5 rings (SSSR count). The summed E-state index contributed by atoms with van der Waals surface area (Å²) in [5.74, 6) is -1.08. The summed E-state index contributed by atoms with van der Waals surface area (Å²) in [7, 11) is 0. The molecule has 0 spiro atoms. The molecular weight excluding hydrogens is 511 g/mol. The first-order valence-electron chi connectivity index (χ1n) is 12.3. The molecule has 0 saturated carbocycles.